The quantitative estimate of drug-likeness (QED) is 0.813. The SMILES string of the molecule is Cc1ccc(CNC2=NCCCS2)o1. The summed E-state index contributed by atoms with van der Waals surface area (Å²) in [7, 11) is 0. The first-order valence-electron chi connectivity index (χ1n) is 4.81. The molecule has 0 bridgehead atoms. The Morgan fingerprint density at radius 3 is 3.14 bits per heavy atom. The van der Waals surface area contributed by atoms with E-state index in [0.29, 0.717) is 0 Å². The van der Waals surface area contributed by atoms with Crippen molar-refractivity contribution in [3.63, 3.8) is 0 Å². The summed E-state index contributed by atoms with van der Waals surface area (Å²) < 4.78 is 5.45. The van der Waals surface area contributed by atoms with E-state index >= 15 is 0 Å². The van der Waals surface area contributed by atoms with Crippen LogP contribution in [0.2, 0.25) is 0 Å². The molecule has 3 nitrogen and oxygen atoms in total. The Hall–Kier alpha value is -0.900. The Morgan fingerprint density at radius 1 is 1.57 bits per heavy atom. The molecule has 0 saturated heterocycles. The zero-order chi connectivity index (χ0) is 9.80. The van der Waals surface area contributed by atoms with E-state index in [1.165, 1.54) is 12.2 Å². The summed E-state index contributed by atoms with van der Waals surface area (Å²) in [6.45, 7) is 3.64. The summed E-state index contributed by atoms with van der Waals surface area (Å²) in [4.78, 5) is 4.38. The van der Waals surface area contributed by atoms with Crippen LogP contribution in [0.25, 0.3) is 0 Å². The van der Waals surface area contributed by atoms with Gasteiger partial charge in [-0.15, -0.1) is 0 Å². The molecule has 0 saturated carbocycles. The van der Waals surface area contributed by atoms with Gasteiger partial charge in [0.05, 0.1) is 6.54 Å². The van der Waals surface area contributed by atoms with E-state index in [0.717, 1.165) is 29.8 Å². The number of thioether (sulfide) groups is 1. The first kappa shape index (κ1) is 9.65. The predicted molar refractivity (Wildman–Crippen MR) is 59.7 cm³/mol. The van der Waals surface area contributed by atoms with Crippen LogP contribution in [0.15, 0.2) is 21.5 Å². The highest BCUT2D eigenvalue weighted by atomic mass is 32.2. The highest BCUT2D eigenvalue weighted by Gasteiger charge is 2.05. The van der Waals surface area contributed by atoms with Gasteiger partial charge in [-0.1, -0.05) is 11.8 Å². The van der Waals surface area contributed by atoms with Crippen molar-refractivity contribution in [1.29, 1.82) is 0 Å². The second-order valence-corrected chi connectivity index (χ2v) is 4.34. The Morgan fingerprint density at radius 2 is 2.50 bits per heavy atom. The maximum absolute atomic E-state index is 5.45. The molecule has 2 heterocycles. The maximum atomic E-state index is 5.45. The number of nitrogens with one attached hydrogen (secondary N) is 1. The van der Waals surface area contributed by atoms with Crippen LogP contribution in [0.5, 0.6) is 0 Å². The van der Waals surface area contributed by atoms with E-state index in [-0.39, 0.29) is 0 Å². The zero-order valence-corrected chi connectivity index (χ0v) is 9.06. The lowest BCUT2D eigenvalue weighted by atomic mass is 10.4. The number of aliphatic imine (C=N–C) groups is 1. The smallest absolute Gasteiger partial charge is 0.156 e. The van der Waals surface area contributed by atoms with E-state index in [1.807, 2.05) is 19.1 Å². The predicted octanol–water partition coefficient (Wildman–Crippen LogP) is 2.17. The third-order valence-corrected chi connectivity index (χ3v) is 3.05. The minimum Gasteiger partial charge on any atom is -0.465 e. The number of nitrogens with zero attached hydrogens (tertiary/aromatic N) is 1. The van der Waals surface area contributed by atoms with Crippen molar-refractivity contribution >= 4 is 16.9 Å². The minimum atomic E-state index is 0.736. The fraction of sp³-hybridized carbons (Fsp3) is 0.500. The van der Waals surface area contributed by atoms with Gasteiger partial charge < -0.3 is 9.73 Å². The zero-order valence-electron chi connectivity index (χ0n) is 8.25. The first-order valence-corrected chi connectivity index (χ1v) is 5.79. The average Bonchev–Trinajstić information content (AvgIpc) is 2.63. The third kappa shape index (κ3) is 2.54. The molecule has 1 aliphatic rings. The molecule has 0 unspecified atom stereocenters. The fourth-order valence-electron chi connectivity index (χ4n) is 1.31. The molecule has 14 heavy (non-hydrogen) atoms. The Balaban J connectivity index is 1.84. The second kappa shape index (κ2) is 4.55. The number of rotatable bonds is 2. The molecule has 0 amide bonds. The molecule has 1 aliphatic heterocycles. The van der Waals surface area contributed by atoms with Crippen molar-refractivity contribution in [3.05, 3.63) is 23.7 Å². The molecule has 0 radical (unpaired) electrons. The Bertz CT molecular complexity index is 333. The minimum absolute atomic E-state index is 0.736. The maximum Gasteiger partial charge on any atom is 0.156 e. The van der Waals surface area contributed by atoms with Gasteiger partial charge >= 0.3 is 0 Å². The van der Waals surface area contributed by atoms with Crippen LogP contribution in [0.4, 0.5) is 0 Å². The van der Waals surface area contributed by atoms with Gasteiger partial charge in [0.1, 0.15) is 11.5 Å². The number of hydrogen-bond acceptors (Lipinski definition) is 4. The number of furan rings is 1. The van der Waals surface area contributed by atoms with Crippen LogP contribution in [-0.4, -0.2) is 17.5 Å². The molecule has 1 aromatic heterocycles. The summed E-state index contributed by atoms with van der Waals surface area (Å²) in [5.74, 6) is 3.10. The van der Waals surface area contributed by atoms with Crippen molar-refractivity contribution in [2.75, 3.05) is 12.3 Å². The van der Waals surface area contributed by atoms with Gasteiger partial charge in [0.15, 0.2) is 5.17 Å². The molecule has 2 rings (SSSR count). The van der Waals surface area contributed by atoms with Crippen molar-refractivity contribution in [2.24, 2.45) is 4.99 Å². The van der Waals surface area contributed by atoms with Gasteiger partial charge in [0.25, 0.3) is 0 Å². The summed E-state index contributed by atoms with van der Waals surface area (Å²) in [6, 6.07) is 3.98. The summed E-state index contributed by atoms with van der Waals surface area (Å²) in [6.07, 6.45) is 1.19. The van der Waals surface area contributed by atoms with E-state index in [4.69, 9.17) is 4.42 Å². The molecule has 76 valence electrons. The molecular weight excluding hydrogens is 196 g/mol. The van der Waals surface area contributed by atoms with Gasteiger partial charge in [-0.25, -0.2) is 0 Å². The summed E-state index contributed by atoms with van der Waals surface area (Å²) >= 11 is 1.79. The van der Waals surface area contributed by atoms with Crippen molar-refractivity contribution in [1.82, 2.24) is 5.32 Å². The van der Waals surface area contributed by atoms with Gasteiger partial charge in [-0.2, -0.15) is 0 Å². The van der Waals surface area contributed by atoms with Gasteiger partial charge in [-0.3, -0.25) is 4.99 Å². The molecular formula is C10H14N2OS. The van der Waals surface area contributed by atoms with Gasteiger partial charge in [0, 0.05) is 12.3 Å². The fourth-order valence-corrected chi connectivity index (χ4v) is 2.13. The van der Waals surface area contributed by atoms with Crippen LogP contribution >= 0.6 is 11.8 Å². The van der Waals surface area contributed by atoms with Crippen LogP contribution in [0.1, 0.15) is 17.9 Å². The lowest BCUT2D eigenvalue weighted by Crippen LogP contribution is -2.22. The highest BCUT2D eigenvalue weighted by Crippen LogP contribution is 2.11. The molecule has 0 spiro atoms. The van der Waals surface area contributed by atoms with E-state index in [1.54, 1.807) is 11.8 Å². The summed E-state index contributed by atoms with van der Waals surface area (Å²) in [5, 5.41) is 4.32. The van der Waals surface area contributed by atoms with Crippen molar-refractivity contribution in [3.8, 4) is 0 Å². The largest absolute Gasteiger partial charge is 0.465 e. The standard InChI is InChI=1S/C10H14N2OS/c1-8-3-4-9(13-8)7-12-10-11-5-2-6-14-10/h3-4H,2,5-7H2,1H3,(H,11,12). The second-order valence-electron chi connectivity index (χ2n) is 3.25. The van der Waals surface area contributed by atoms with Crippen molar-refractivity contribution in [2.45, 2.75) is 19.9 Å². The number of hydrogen-bond donors (Lipinski definition) is 1. The molecule has 0 aliphatic carbocycles. The molecule has 1 aromatic rings. The average molecular weight is 210 g/mol. The normalized spacial score (nSPS) is 16.5. The molecule has 4 heteroatoms. The van der Waals surface area contributed by atoms with Crippen molar-refractivity contribution < 1.29 is 4.42 Å². The van der Waals surface area contributed by atoms with Gasteiger partial charge in [0.2, 0.25) is 0 Å². The number of amidine groups is 1. The highest BCUT2D eigenvalue weighted by molar-refractivity contribution is 8.13. The monoisotopic (exact) mass is 210 g/mol. The molecule has 0 atom stereocenters. The lowest BCUT2D eigenvalue weighted by molar-refractivity contribution is 0.478. The molecule has 0 fully saturated rings. The van der Waals surface area contributed by atoms with Crippen LogP contribution < -0.4 is 5.32 Å². The van der Waals surface area contributed by atoms with Crippen LogP contribution in [-0.2, 0) is 6.54 Å². The van der Waals surface area contributed by atoms with Crippen LogP contribution in [0, 0.1) is 6.92 Å². The first-order chi connectivity index (χ1) is 6.84. The molecule has 0 aromatic carbocycles. The van der Waals surface area contributed by atoms with E-state index in [2.05, 4.69) is 10.3 Å². The summed E-state index contributed by atoms with van der Waals surface area (Å²) in [5.41, 5.74) is 0. The molecule has 1 N–H and O–H groups in total. The Kier molecular flexibility index (Phi) is 3.14. The van der Waals surface area contributed by atoms with E-state index in [9.17, 15) is 0 Å². The third-order valence-electron chi connectivity index (χ3n) is 2.01. The van der Waals surface area contributed by atoms with Crippen LogP contribution in [0.3, 0.4) is 0 Å². The topological polar surface area (TPSA) is 37.5 Å². The lowest BCUT2D eigenvalue weighted by Gasteiger charge is -2.11. The number of aryl methyl sites for hydroxylation is 1. The van der Waals surface area contributed by atoms with E-state index < -0.39 is 0 Å². The van der Waals surface area contributed by atoms with Gasteiger partial charge in [-0.05, 0) is 25.5 Å². The Labute approximate surface area is 88.0 Å².